The molecular weight excluding hydrogens is 316 g/mol. The summed E-state index contributed by atoms with van der Waals surface area (Å²) >= 11 is 3.18. The number of benzene rings is 1. The minimum atomic E-state index is -0.150. The smallest absolute Gasteiger partial charge is 0.321 e. The van der Waals surface area contributed by atoms with Crippen molar-refractivity contribution in [3.05, 3.63) is 17.1 Å². The number of amides is 2. The van der Waals surface area contributed by atoms with E-state index in [1.165, 1.54) is 24.2 Å². The van der Waals surface area contributed by atoms with Gasteiger partial charge < -0.3 is 5.32 Å². The molecule has 1 saturated carbocycles. The lowest BCUT2D eigenvalue weighted by molar-refractivity contribution is 0.248. The second kappa shape index (κ2) is 5.48. The maximum atomic E-state index is 12.0. The first-order valence-corrected chi connectivity index (χ1v) is 9.06. The summed E-state index contributed by atoms with van der Waals surface area (Å²) < 4.78 is 2.25. The fourth-order valence-electron chi connectivity index (χ4n) is 2.93. The number of hydrogen-bond acceptors (Lipinski definition) is 5. The van der Waals surface area contributed by atoms with Crippen LogP contribution in [-0.4, -0.2) is 22.0 Å². The number of aromatic nitrogens is 2. The van der Waals surface area contributed by atoms with Crippen LogP contribution in [0.5, 0.6) is 0 Å². The molecule has 1 aliphatic rings. The van der Waals surface area contributed by atoms with Gasteiger partial charge in [0.1, 0.15) is 0 Å². The van der Waals surface area contributed by atoms with Crippen LogP contribution in [0, 0.1) is 6.92 Å². The first-order chi connectivity index (χ1) is 10.7. The lowest BCUT2D eigenvalue weighted by Gasteiger charge is -2.11. The number of urea groups is 1. The lowest BCUT2D eigenvalue weighted by atomic mass is 10.3. The molecule has 1 aromatic carbocycles. The van der Waals surface area contributed by atoms with Gasteiger partial charge in [0.2, 0.25) is 0 Å². The highest BCUT2D eigenvalue weighted by Crippen LogP contribution is 2.35. The molecule has 2 N–H and O–H groups in total. The molecule has 0 atom stereocenters. The summed E-state index contributed by atoms with van der Waals surface area (Å²) in [6.07, 6.45) is 4.56. The number of fused-ring (bicyclic) bond motifs is 3. The van der Waals surface area contributed by atoms with Crippen molar-refractivity contribution < 1.29 is 4.79 Å². The van der Waals surface area contributed by atoms with Crippen LogP contribution in [0.1, 0.15) is 30.7 Å². The Bertz CT molecular complexity index is 848. The van der Waals surface area contributed by atoms with Gasteiger partial charge in [-0.15, -0.1) is 11.3 Å². The van der Waals surface area contributed by atoms with Crippen LogP contribution in [-0.2, 0) is 0 Å². The number of aryl methyl sites for hydroxylation is 1. The monoisotopic (exact) mass is 332 g/mol. The van der Waals surface area contributed by atoms with Crippen LogP contribution < -0.4 is 10.6 Å². The Hall–Kier alpha value is -1.73. The van der Waals surface area contributed by atoms with Crippen molar-refractivity contribution in [2.45, 2.75) is 38.6 Å². The van der Waals surface area contributed by atoms with Crippen LogP contribution in [0.3, 0.4) is 0 Å². The third kappa shape index (κ3) is 2.55. The van der Waals surface area contributed by atoms with E-state index in [0.717, 1.165) is 38.3 Å². The molecule has 2 aromatic heterocycles. The number of carbonyl (C=O) groups excluding carboxylic acids is 1. The van der Waals surface area contributed by atoms with Crippen molar-refractivity contribution in [2.75, 3.05) is 5.32 Å². The van der Waals surface area contributed by atoms with Gasteiger partial charge in [0.25, 0.3) is 0 Å². The molecule has 0 aliphatic heterocycles. The summed E-state index contributed by atoms with van der Waals surface area (Å²) in [6.45, 7) is 2.01. The number of anilines is 1. The van der Waals surface area contributed by atoms with E-state index in [4.69, 9.17) is 0 Å². The molecule has 1 fully saturated rings. The van der Waals surface area contributed by atoms with Crippen LogP contribution in [0.4, 0.5) is 9.93 Å². The zero-order chi connectivity index (χ0) is 15.1. The van der Waals surface area contributed by atoms with E-state index in [0.29, 0.717) is 11.2 Å². The Morgan fingerprint density at radius 2 is 1.82 bits per heavy atom. The van der Waals surface area contributed by atoms with Gasteiger partial charge in [-0.1, -0.05) is 24.2 Å². The molecule has 7 heteroatoms. The Kier molecular flexibility index (Phi) is 3.46. The first-order valence-electron chi connectivity index (χ1n) is 7.43. The zero-order valence-corrected chi connectivity index (χ0v) is 13.8. The molecule has 0 bridgehead atoms. The maximum Gasteiger partial charge on any atom is 0.321 e. The van der Waals surface area contributed by atoms with Crippen molar-refractivity contribution in [3.63, 3.8) is 0 Å². The fourth-order valence-corrected chi connectivity index (χ4v) is 4.93. The molecule has 4 rings (SSSR count). The number of thiazole rings is 2. The third-order valence-corrected chi connectivity index (χ3v) is 6.07. The maximum absolute atomic E-state index is 12.0. The Morgan fingerprint density at radius 3 is 2.59 bits per heavy atom. The van der Waals surface area contributed by atoms with Crippen LogP contribution >= 0.6 is 22.7 Å². The average molecular weight is 332 g/mol. The minimum Gasteiger partial charge on any atom is -0.335 e. The van der Waals surface area contributed by atoms with Gasteiger partial charge >= 0.3 is 6.03 Å². The van der Waals surface area contributed by atoms with E-state index in [1.807, 2.05) is 19.1 Å². The largest absolute Gasteiger partial charge is 0.335 e. The molecule has 2 heterocycles. The van der Waals surface area contributed by atoms with Crippen molar-refractivity contribution in [2.24, 2.45) is 0 Å². The third-order valence-electron chi connectivity index (χ3n) is 3.93. The number of rotatable bonds is 2. The SMILES string of the molecule is Cc1nc2ccc3nc(NC(=O)NC4CCCC4)sc3c2s1. The van der Waals surface area contributed by atoms with Crippen molar-refractivity contribution in [1.29, 1.82) is 0 Å². The molecule has 0 unspecified atom stereocenters. The number of hydrogen-bond donors (Lipinski definition) is 2. The average Bonchev–Trinajstić information content (AvgIpc) is 3.16. The molecule has 2 amide bonds. The Balaban J connectivity index is 1.59. The topological polar surface area (TPSA) is 66.9 Å². The van der Waals surface area contributed by atoms with Crippen LogP contribution in [0.25, 0.3) is 20.4 Å². The number of nitrogens with zero attached hydrogens (tertiary/aromatic N) is 2. The molecule has 114 valence electrons. The summed E-state index contributed by atoms with van der Waals surface area (Å²) in [6, 6.07) is 4.12. The van der Waals surface area contributed by atoms with Gasteiger partial charge in [0, 0.05) is 6.04 Å². The van der Waals surface area contributed by atoms with Crippen LogP contribution in [0.2, 0.25) is 0 Å². The summed E-state index contributed by atoms with van der Waals surface area (Å²) in [4.78, 5) is 21.1. The normalized spacial score (nSPS) is 15.7. The quantitative estimate of drug-likeness (QED) is 0.736. The first kappa shape index (κ1) is 13.9. The van der Waals surface area contributed by atoms with E-state index >= 15 is 0 Å². The molecule has 1 aliphatic carbocycles. The van der Waals surface area contributed by atoms with Crippen molar-refractivity contribution >= 4 is 54.3 Å². The summed E-state index contributed by atoms with van der Waals surface area (Å²) in [5.41, 5.74) is 1.91. The van der Waals surface area contributed by atoms with Gasteiger partial charge in [0.15, 0.2) is 5.13 Å². The van der Waals surface area contributed by atoms with E-state index in [9.17, 15) is 4.79 Å². The summed E-state index contributed by atoms with van der Waals surface area (Å²) in [5, 5.41) is 7.58. The van der Waals surface area contributed by atoms with Gasteiger partial charge in [0.05, 0.1) is 25.4 Å². The fraction of sp³-hybridized carbons (Fsp3) is 0.400. The highest BCUT2D eigenvalue weighted by molar-refractivity contribution is 7.28. The Morgan fingerprint density at radius 1 is 1.14 bits per heavy atom. The molecule has 22 heavy (non-hydrogen) atoms. The summed E-state index contributed by atoms with van der Waals surface area (Å²) in [7, 11) is 0. The predicted octanol–water partition coefficient (Wildman–Crippen LogP) is 4.28. The minimum absolute atomic E-state index is 0.150. The van der Waals surface area contributed by atoms with Crippen LogP contribution in [0.15, 0.2) is 12.1 Å². The van der Waals surface area contributed by atoms with Crippen molar-refractivity contribution in [3.8, 4) is 0 Å². The molecule has 5 nitrogen and oxygen atoms in total. The van der Waals surface area contributed by atoms with Gasteiger partial charge in [-0.05, 0) is 31.9 Å². The van der Waals surface area contributed by atoms with Gasteiger partial charge in [-0.25, -0.2) is 14.8 Å². The Labute approximate surface area is 135 Å². The van der Waals surface area contributed by atoms with E-state index < -0.39 is 0 Å². The molecule has 0 spiro atoms. The molecular formula is C15H16N4OS2. The standard InChI is InChI=1S/C15H16N4OS2/c1-8-16-10-6-7-11-13(12(10)21-8)22-15(18-11)19-14(20)17-9-4-2-3-5-9/h6-7,9H,2-5H2,1H3,(H2,17,18,19,20). The zero-order valence-electron chi connectivity index (χ0n) is 12.2. The van der Waals surface area contributed by atoms with E-state index in [1.54, 1.807) is 11.3 Å². The van der Waals surface area contributed by atoms with E-state index in [2.05, 4.69) is 20.6 Å². The molecule has 0 radical (unpaired) electrons. The molecule has 3 aromatic rings. The highest BCUT2D eigenvalue weighted by Gasteiger charge is 2.18. The van der Waals surface area contributed by atoms with Gasteiger partial charge in [-0.2, -0.15) is 0 Å². The molecule has 0 saturated heterocycles. The number of carbonyl (C=O) groups is 1. The van der Waals surface area contributed by atoms with E-state index in [-0.39, 0.29) is 6.03 Å². The predicted molar refractivity (Wildman–Crippen MR) is 91.9 cm³/mol. The second-order valence-corrected chi connectivity index (χ2v) is 7.80. The number of nitrogens with one attached hydrogen (secondary N) is 2. The summed E-state index contributed by atoms with van der Waals surface area (Å²) in [5.74, 6) is 0. The highest BCUT2D eigenvalue weighted by atomic mass is 32.1. The van der Waals surface area contributed by atoms with Gasteiger partial charge in [-0.3, -0.25) is 5.32 Å². The van der Waals surface area contributed by atoms with Crippen molar-refractivity contribution in [1.82, 2.24) is 15.3 Å². The second-order valence-electron chi connectivity index (χ2n) is 5.59. The lowest BCUT2D eigenvalue weighted by Crippen LogP contribution is -2.36.